The molecule has 144 heavy (non-hydrogen) atoms. The van der Waals surface area contributed by atoms with E-state index in [-0.39, 0.29) is 123 Å². The maximum atomic E-state index is 15.5. The Hall–Kier alpha value is -13.5. The standard InChI is InChI=1S/C94H147N25O25/c1-2-3-30-65(85(134)110-69-38-40-78(125)99-41-24-22-32-64(83(96)132)105-89(138)71(49-60-51-102-63-31-21-20-29-62(60)63)111-86(135)67(34-26-42-101-94(97)98)107-88(137)70(48-59-27-16-15-17-28-59)112-92(141)74-50-61(122)53-119(74)93(69)142)106-84(133)66(33-23-25-44-118(54-81(128)129)55-82(130)131)108-91(140)73(57-121)113-87(136)68(37-39-75(95)123)109-90(139)72(56-120)104-79(126)52-103-80(127)58-144-47-46-143-45-43-100-77(124)36-19-14-12-10-8-6-4-5-7-9-11-13-18-35-76-114-116-117-115-76/h15-17,20-21,27-29,31,51,61,64-74,102,120-122H,2-14,18-19,22-26,30,32-50,52-58H2,1H3,(H2,95,123)(H2,96,132)(H,99,125)(H,100,124)(H,103,127)(H,104,126)(H,105,138)(H,106,133)(H,107,137)(H,108,140)(H,109,139)(H,110,134)(H,111,135)(H,112,141)(H,113,136)(H,128,129)(H,130,131)(H4,97,98,101)(H,114,115,116,117). The number of nitrogens with one attached hydrogen (secondary N) is 17. The number of rotatable bonds is 63. The molecule has 12 atom stereocenters. The Balaban J connectivity index is 1.12. The third-order valence-corrected chi connectivity index (χ3v) is 24.1. The number of benzene rings is 2. The number of aliphatic hydroxyl groups excluding tert-OH is 3. The van der Waals surface area contributed by atoms with Crippen LogP contribution >= 0.6 is 0 Å². The van der Waals surface area contributed by atoms with E-state index in [1.165, 1.54) is 51.4 Å². The zero-order valence-corrected chi connectivity index (χ0v) is 81.8. The van der Waals surface area contributed by atoms with Crippen LogP contribution in [-0.4, -0.2) is 338 Å². The number of tetrazole rings is 1. The van der Waals surface area contributed by atoms with Crippen molar-refractivity contribution < 1.29 is 121 Å². The number of aryl methyl sites for hydroxylation is 1. The molecule has 2 aromatic heterocycles. The first-order chi connectivity index (χ1) is 69.1. The van der Waals surface area contributed by atoms with Crippen LogP contribution in [0.25, 0.3) is 10.9 Å². The molecule has 50 nitrogen and oxygen atoms in total. The molecule has 2 aliphatic rings. The lowest BCUT2D eigenvalue weighted by Crippen LogP contribution is -2.61. The number of guanidine groups is 1. The van der Waals surface area contributed by atoms with Crippen molar-refractivity contribution >= 4 is 123 Å². The Morgan fingerprint density at radius 3 is 1.78 bits per heavy atom. The number of nitrogens with two attached hydrogens (primary N) is 3. The highest BCUT2D eigenvalue weighted by molar-refractivity contribution is 6.01. The van der Waals surface area contributed by atoms with Crippen molar-refractivity contribution in [2.45, 2.75) is 291 Å². The van der Waals surface area contributed by atoms with E-state index in [0.29, 0.717) is 34.9 Å². The van der Waals surface area contributed by atoms with Crippen LogP contribution < -0.4 is 91.6 Å². The molecule has 2 fully saturated rings. The van der Waals surface area contributed by atoms with Crippen molar-refractivity contribution in [3.05, 3.63) is 77.7 Å². The summed E-state index contributed by atoms with van der Waals surface area (Å²) in [4.78, 5) is 254. The van der Waals surface area contributed by atoms with Crippen molar-refractivity contribution in [3.8, 4) is 0 Å². The fraction of sp³-hybridized carbons (Fsp3) is 0.638. The minimum absolute atomic E-state index is 0.0254. The molecule has 0 radical (unpaired) electrons. The van der Waals surface area contributed by atoms with Crippen molar-refractivity contribution in [1.29, 1.82) is 5.41 Å². The van der Waals surface area contributed by atoms with E-state index in [2.05, 4.69) is 100 Å². The van der Waals surface area contributed by atoms with Crippen LogP contribution in [0.5, 0.6) is 0 Å². The highest BCUT2D eigenvalue weighted by Gasteiger charge is 2.44. The lowest BCUT2D eigenvalue weighted by molar-refractivity contribution is -0.143. The lowest BCUT2D eigenvalue weighted by Gasteiger charge is -2.31. The third kappa shape index (κ3) is 46.7. The number of carbonyl (C=O) groups is 18. The highest BCUT2D eigenvalue weighted by atomic mass is 16.5. The molecule has 4 heterocycles. The SMILES string of the molecule is CCCCC(NC(=O)C(CCCCN(CC(=O)O)CC(=O)O)NC(=O)C(CO)NC(=O)C(CCC(N)=O)NC(=O)C(CO)NC(=O)CNC(=O)COCCOCCNC(=O)CCCCCCCCCCCCCCCc1nnn[nH]1)C(=O)NC1CCC(=O)NCCCCC(C(N)=O)NC(=O)C(Cc2c[nH]c3ccccc23)NC(=O)C(CCCNC(=N)N)NC(=O)C(Cc2ccccc2)NC(=O)C2CC(O)CN2C1=O. The molecule has 4 aromatic rings. The monoisotopic (exact) mass is 2030 g/mol. The third-order valence-electron chi connectivity index (χ3n) is 24.1. The van der Waals surface area contributed by atoms with Gasteiger partial charge in [0, 0.05) is 88.2 Å². The van der Waals surface area contributed by atoms with Crippen LogP contribution in [0, 0.1) is 5.41 Å². The second kappa shape index (κ2) is 67.1. The summed E-state index contributed by atoms with van der Waals surface area (Å²) in [5, 5.41) is 110. The Morgan fingerprint density at radius 1 is 0.569 bits per heavy atom. The number of carboxylic acids is 2. The first kappa shape index (κ1) is 119. The van der Waals surface area contributed by atoms with Crippen molar-refractivity contribution in [3.63, 3.8) is 0 Å². The largest absolute Gasteiger partial charge is 0.480 e. The van der Waals surface area contributed by atoms with Gasteiger partial charge in [-0.1, -0.05) is 139 Å². The van der Waals surface area contributed by atoms with Gasteiger partial charge in [0.15, 0.2) is 5.96 Å². The van der Waals surface area contributed by atoms with Gasteiger partial charge in [-0.05, 0) is 118 Å². The average Bonchev–Trinajstić information content (AvgIpc) is 1.48. The number of hydrogen-bond donors (Lipinski definition) is 25. The highest BCUT2D eigenvalue weighted by Crippen LogP contribution is 2.25. The number of unbranched alkanes of at least 4 members (excludes halogenated alkanes) is 14. The maximum Gasteiger partial charge on any atom is 0.317 e. The van der Waals surface area contributed by atoms with E-state index in [4.69, 9.17) is 32.1 Å². The zero-order valence-electron chi connectivity index (χ0n) is 81.8. The number of H-pyrrole nitrogens is 2. The summed E-state index contributed by atoms with van der Waals surface area (Å²) in [6.07, 6.45) is 13.0. The van der Waals surface area contributed by atoms with Crippen molar-refractivity contribution in [2.24, 2.45) is 17.2 Å². The van der Waals surface area contributed by atoms with Gasteiger partial charge in [-0.2, -0.15) is 0 Å². The molecule has 0 aliphatic carbocycles. The van der Waals surface area contributed by atoms with E-state index in [1.54, 1.807) is 67.7 Å². The molecule has 6 rings (SSSR count). The van der Waals surface area contributed by atoms with Crippen LogP contribution in [0.3, 0.4) is 0 Å². The molecule has 28 N–H and O–H groups in total. The summed E-state index contributed by atoms with van der Waals surface area (Å²) in [6.45, 7) is -3.70. The summed E-state index contributed by atoms with van der Waals surface area (Å²) in [6, 6.07) is -2.95. The minimum Gasteiger partial charge on any atom is -0.480 e. The fourth-order valence-corrected chi connectivity index (χ4v) is 16.3. The van der Waals surface area contributed by atoms with E-state index in [1.807, 2.05) is 0 Å². The second-order valence-electron chi connectivity index (χ2n) is 35.8. The molecule has 2 aliphatic heterocycles. The molecule has 0 bridgehead atoms. The molecule has 0 spiro atoms. The number of carbonyl (C=O) groups excluding carboxylic acids is 16. The van der Waals surface area contributed by atoms with Gasteiger partial charge in [-0.3, -0.25) is 96.6 Å². The average molecular weight is 2030 g/mol. The molecule has 2 saturated heterocycles. The van der Waals surface area contributed by atoms with Gasteiger partial charge in [0.25, 0.3) is 0 Å². The predicted molar refractivity (Wildman–Crippen MR) is 520 cm³/mol. The first-order valence-electron chi connectivity index (χ1n) is 49.5. The summed E-state index contributed by atoms with van der Waals surface area (Å²) < 4.78 is 10.8. The molecule has 50 heteroatoms. The number of amides is 16. The predicted octanol–water partition coefficient (Wildman–Crippen LogP) is -3.84. The number of carboxylic acid groups (broad SMARTS) is 2. The number of aromatic nitrogens is 5. The van der Waals surface area contributed by atoms with Gasteiger partial charge in [0.05, 0.1) is 58.8 Å². The minimum atomic E-state index is -2.04. The van der Waals surface area contributed by atoms with Gasteiger partial charge in [-0.15, -0.1) is 5.10 Å². The van der Waals surface area contributed by atoms with Crippen LogP contribution in [0.1, 0.15) is 216 Å². The number of para-hydroxylation sites is 1. The Kier molecular flexibility index (Phi) is 55.6. The normalized spacial score (nSPS) is 18.4. The maximum absolute atomic E-state index is 15.5. The number of hydrogen-bond acceptors (Lipinski definition) is 28. The molecular weight excluding hydrogens is 1880 g/mol. The number of aliphatic hydroxyl groups is 3. The molecular formula is C94H147N25O25. The number of fused-ring (bicyclic) bond motifs is 2. The van der Waals surface area contributed by atoms with Gasteiger partial charge < -0.3 is 137 Å². The summed E-state index contributed by atoms with van der Waals surface area (Å²) in [5.74, 6) is -17.6. The lowest BCUT2D eigenvalue weighted by atomic mass is 10.0. The fourth-order valence-electron chi connectivity index (χ4n) is 16.3. The molecule has 0 saturated carbocycles. The van der Waals surface area contributed by atoms with Gasteiger partial charge in [0.2, 0.25) is 94.5 Å². The van der Waals surface area contributed by atoms with Crippen LogP contribution in [0.4, 0.5) is 0 Å². The van der Waals surface area contributed by atoms with E-state index in [0.717, 1.165) is 54.1 Å². The van der Waals surface area contributed by atoms with Gasteiger partial charge >= 0.3 is 11.9 Å². The van der Waals surface area contributed by atoms with Crippen molar-refractivity contribution in [2.75, 3.05) is 92.0 Å². The molecule has 2 aromatic carbocycles. The quantitative estimate of drug-likeness (QED) is 0.0114. The van der Waals surface area contributed by atoms with Crippen LogP contribution in [0.2, 0.25) is 0 Å². The summed E-state index contributed by atoms with van der Waals surface area (Å²) >= 11 is 0. The second-order valence-corrected chi connectivity index (χ2v) is 35.8. The topological polar surface area (TPSA) is 774 Å². The first-order valence-corrected chi connectivity index (χ1v) is 49.5. The number of aliphatic carboxylic acids is 2. The number of ether oxygens (including phenoxy) is 2. The number of primary amides is 2. The number of aromatic amines is 2. The van der Waals surface area contributed by atoms with Gasteiger partial charge in [-0.25, -0.2) is 5.10 Å². The smallest absolute Gasteiger partial charge is 0.317 e. The molecule has 798 valence electrons. The number of nitrogens with zero attached hydrogens (tertiary/aromatic N) is 5. The van der Waals surface area contributed by atoms with E-state index in [9.17, 15) is 87.9 Å². The molecule has 16 amide bonds. The van der Waals surface area contributed by atoms with Crippen LogP contribution in [-0.2, 0) is 115 Å². The van der Waals surface area contributed by atoms with Crippen LogP contribution in [0.15, 0.2) is 60.8 Å². The zero-order chi connectivity index (χ0) is 105. The summed E-state index contributed by atoms with van der Waals surface area (Å²) in [5.41, 5.74) is 18.7. The Labute approximate surface area is 834 Å². The van der Waals surface area contributed by atoms with E-state index < -0.39 is 264 Å². The van der Waals surface area contributed by atoms with Gasteiger partial charge in [0.1, 0.15) is 78.9 Å². The van der Waals surface area contributed by atoms with E-state index >= 15 is 24.0 Å². The Bertz CT molecular complexity index is 4750. The Morgan fingerprint density at radius 2 is 1.15 bits per heavy atom. The van der Waals surface area contributed by atoms with Crippen molar-refractivity contribution in [1.82, 2.24) is 110 Å². The summed E-state index contributed by atoms with van der Waals surface area (Å²) in [7, 11) is 0. The molecule has 12 unspecified atom stereocenters.